The van der Waals surface area contributed by atoms with E-state index in [1.54, 1.807) is 29.9 Å². The van der Waals surface area contributed by atoms with Crippen LogP contribution in [0.4, 0.5) is 5.69 Å². The van der Waals surface area contributed by atoms with Gasteiger partial charge in [-0.05, 0) is 35.9 Å². The molecule has 1 aromatic heterocycles. The Bertz CT molecular complexity index is 1090. The normalized spacial score (nSPS) is 15.6. The number of aromatic carboxylic acids is 1. The van der Waals surface area contributed by atoms with Gasteiger partial charge < -0.3 is 19.7 Å². The summed E-state index contributed by atoms with van der Waals surface area (Å²) < 4.78 is 7.10. The Morgan fingerprint density at radius 1 is 1.25 bits per heavy atom. The van der Waals surface area contributed by atoms with E-state index in [4.69, 9.17) is 16.3 Å². The van der Waals surface area contributed by atoms with Crippen molar-refractivity contribution < 1.29 is 19.4 Å². The largest absolute Gasteiger partial charge is 0.497 e. The number of carboxylic acids is 1. The number of hydrogen-bond donors (Lipinski definition) is 2. The molecule has 2 aromatic carbocycles. The molecule has 0 fully saturated rings. The minimum Gasteiger partial charge on any atom is -0.497 e. The van der Waals surface area contributed by atoms with Crippen LogP contribution in [0, 0.1) is 0 Å². The van der Waals surface area contributed by atoms with E-state index in [0.717, 1.165) is 11.3 Å². The number of benzene rings is 2. The minimum absolute atomic E-state index is 0.0379. The maximum Gasteiger partial charge on any atom is 0.339 e. The number of hydrogen-bond acceptors (Lipinski definition) is 3. The van der Waals surface area contributed by atoms with Crippen LogP contribution in [-0.2, 0) is 4.79 Å². The fraction of sp³-hybridized carbons (Fsp3) is 0.143. The van der Waals surface area contributed by atoms with Gasteiger partial charge in [-0.1, -0.05) is 29.8 Å². The first-order chi connectivity index (χ1) is 13.5. The summed E-state index contributed by atoms with van der Waals surface area (Å²) in [4.78, 5) is 24.2. The Morgan fingerprint density at radius 3 is 2.75 bits per heavy atom. The fourth-order valence-corrected chi connectivity index (χ4v) is 3.79. The van der Waals surface area contributed by atoms with Crippen LogP contribution in [0.1, 0.15) is 34.0 Å². The molecule has 4 rings (SSSR count). The van der Waals surface area contributed by atoms with Gasteiger partial charge in [-0.3, -0.25) is 4.79 Å². The third kappa shape index (κ3) is 3.12. The summed E-state index contributed by atoms with van der Waals surface area (Å²) in [5, 5.41) is 12.9. The zero-order chi connectivity index (χ0) is 19.8. The smallest absolute Gasteiger partial charge is 0.339 e. The number of methoxy groups -OCH3 is 1. The molecule has 7 heteroatoms. The molecular formula is C21H17ClN2O4. The molecule has 0 radical (unpaired) electrons. The second-order valence-electron chi connectivity index (χ2n) is 6.54. The summed E-state index contributed by atoms with van der Waals surface area (Å²) in [6.45, 7) is 0. The van der Waals surface area contributed by atoms with Crippen molar-refractivity contribution in [1.82, 2.24) is 4.57 Å². The molecule has 142 valence electrons. The summed E-state index contributed by atoms with van der Waals surface area (Å²) in [6.07, 6.45) is 1.72. The van der Waals surface area contributed by atoms with E-state index in [1.165, 1.54) is 6.20 Å². The zero-order valence-electron chi connectivity index (χ0n) is 15.0. The molecule has 1 amide bonds. The molecule has 0 aliphatic carbocycles. The first kappa shape index (κ1) is 18.1. The number of aromatic nitrogens is 1. The number of anilines is 1. The van der Waals surface area contributed by atoms with Crippen molar-refractivity contribution in [3.05, 3.63) is 76.6 Å². The van der Waals surface area contributed by atoms with Crippen LogP contribution in [0.25, 0.3) is 5.69 Å². The lowest BCUT2D eigenvalue weighted by atomic mass is 9.88. The maximum absolute atomic E-state index is 12.4. The van der Waals surface area contributed by atoms with E-state index in [0.29, 0.717) is 22.2 Å². The highest BCUT2D eigenvalue weighted by molar-refractivity contribution is 6.30. The summed E-state index contributed by atoms with van der Waals surface area (Å²) in [6, 6.07) is 14.6. The van der Waals surface area contributed by atoms with E-state index in [1.807, 2.05) is 30.3 Å². The molecule has 3 aromatic rings. The van der Waals surface area contributed by atoms with Gasteiger partial charge in [0, 0.05) is 29.2 Å². The van der Waals surface area contributed by atoms with Gasteiger partial charge in [-0.2, -0.15) is 0 Å². The molecular weight excluding hydrogens is 380 g/mol. The summed E-state index contributed by atoms with van der Waals surface area (Å²) in [7, 11) is 1.58. The third-order valence-electron chi connectivity index (χ3n) is 4.84. The van der Waals surface area contributed by atoms with Gasteiger partial charge >= 0.3 is 5.97 Å². The Kier molecular flexibility index (Phi) is 4.57. The average molecular weight is 397 g/mol. The molecule has 0 saturated carbocycles. The van der Waals surface area contributed by atoms with Gasteiger partial charge in [-0.25, -0.2) is 4.79 Å². The molecule has 2 N–H and O–H groups in total. The predicted molar refractivity (Wildman–Crippen MR) is 106 cm³/mol. The lowest BCUT2D eigenvalue weighted by Gasteiger charge is -2.26. The van der Waals surface area contributed by atoms with Crippen LogP contribution >= 0.6 is 11.6 Å². The molecule has 28 heavy (non-hydrogen) atoms. The van der Waals surface area contributed by atoms with Crippen molar-refractivity contribution in [3.8, 4) is 11.4 Å². The van der Waals surface area contributed by atoms with E-state index < -0.39 is 5.97 Å². The number of nitrogens with one attached hydrogen (secondary N) is 1. The quantitative estimate of drug-likeness (QED) is 0.688. The number of carbonyl (C=O) groups excluding carboxylic acids is 1. The fourth-order valence-electron chi connectivity index (χ4n) is 3.60. The zero-order valence-corrected chi connectivity index (χ0v) is 15.7. The van der Waals surface area contributed by atoms with E-state index >= 15 is 0 Å². The number of ether oxygens (including phenoxy) is 1. The molecule has 1 aliphatic heterocycles. The standard InChI is InChI=1S/C21H17ClN2O4/c1-28-15-7-2-4-12(8-15)16-10-18(25)23-19-17(21(26)27)11-24(20(16)19)14-6-3-5-13(22)9-14/h2-9,11,16H,10H2,1H3,(H,23,25)(H,26,27)/t16-/m1/s1. The topological polar surface area (TPSA) is 80.6 Å². The average Bonchev–Trinajstić information content (AvgIpc) is 3.07. The van der Waals surface area contributed by atoms with Crippen molar-refractivity contribution in [3.63, 3.8) is 0 Å². The SMILES string of the molecule is COc1cccc([C@H]2CC(=O)Nc3c(C(=O)O)cn(-c4cccc(Cl)c4)c32)c1. The molecule has 0 bridgehead atoms. The third-order valence-corrected chi connectivity index (χ3v) is 5.08. The molecule has 2 heterocycles. The highest BCUT2D eigenvalue weighted by atomic mass is 35.5. The first-order valence-electron chi connectivity index (χ1n) is 8.66. The van der Waals surface area contributed by atoms with Gasteiger partial charge in [-0.15, -0.1) is 0 Å². The lowest BCUT2D eigenvalue weighted by molar-refractivity contribution is -0.116. The molecule has 1 atom stereocenters. The number of nitrogens with zero attached hydrogens (tertiary/aromatic N) is 1. The highest BCUT2D eigenvalue weighted by Crippen LogP contribution is 2.42. The van der Waals surface area contributed by atoms with Crippen molar-refractivity contribution in [2.45, 2.75) is 12.3 Å². The van der Waals surface area contributed by atoms with E-state index in [2.05, 4.69) is 5.32 Å². The van der Waals surface area contributed by atoms with Crippen LogP contribution in [0.5, 0.6) is 5.75 Å². The number of carbonyl (C=O) groups is 2. The van der Waals surface area contributed by atoms with Crippen molar-refractivity contribution in [2.24, 2.45) is 0 Å². The van der Waals surface area contributed by atoms with Crippen LogP contribution in [0.3, 0.4) is 0 Å². The van der Waals surface area contributed by atoms with Gasteiger partial charge in [0.05, 0.1) is 18.5 Å². The van der Waals surface area contributed by atoms with Crippen LogP contribution in [-0.4, -0.2) is 28.7 Å². The molecule has 1 aliphatic rings. The Hall–Kier alpha value is -3.25. The Morgan fingerprint density at radius 2 is 2.04 bits per heavy atom. The number of halogens is 1. The second-order valence-corrected chi connectivity index (χ2v) is 6.98. The van der Waals surface area contributed by atoms with Gasteiger partial charge in [0.25, 0.3) is 0 Å². The van der Waals surface area contributed by atoms with E-state index in [-0.39, 0.29) is 23.8 Å². The molecule has 6 nitrogen and oxygen atoms in total. The van der Waals surface area contributed by atoms with Gasteiger partial charge in [0.15, 0.2) is 0 Å². The minimum atomic E-state index is -1.11. The van der Waals surface area contributed by atoms with E-state index in [9.17, 15) is 14.7 Å². The van der Waals surface area contributed by atoms with Gasteiger partial charge in [0.2, 0.25) is 5.91 Å². The molecule has 0 spiro atoms. The predicted octanol–water partition coefficient (Wildman–Crippen LogP) is 4.31. The monoisotopic (exact) mass is 396 g/mol. The van der Waals surface area contributed by atoms with Crippen LogP contribution in [0.2, 0.25) is 5.02 Å². The molecule has 0 saturated heterocycles. The van der Waals surface area contributed by atoms with Crippen molar-refractivity contribution in [2.75, 3.05) is 12.4 Å². The molecule has 0 unspecified atom stereocenters. The Balaban J connectivity index is 1.97. The van der Waals surface area contributed by atoms with Crippen LogP contribution < -0.4 is 10.1 Å². The van der Waals surface area contributed by atoms with Crippen molar-refractivity contribution >= 4 is 29.2 Å². The summed E-state index contributed by atoms with van der Waals surface area (Å²) >= 11 is 6.15. The second kappa shape index (κ2) is 7.05. The first-order valence-corrected chi connectivity index (χ1v) is 9.04. The van der Waals surface area contributed by atoms with Crippen molar-refractivity contribution in [1.29, 1.82) is 0 Å². The maximum atomic E-state index is 12.4. The summed E-state index contributed by atoms with van der Waals surface area (Å²) in [5.41, 5.74) is 2.65. The summed E-state index contributed by atoms with van der Waals surface area (Å²) in [5.74, 6) is -0.995. The number of fused-ring (bicyclic) bond motifs is 1. The number of rotatable bonds is 4. The van der Waals surface area contributed by atoms with Gasteiger partial charge in [0.1, 0.15) is 11.3 Å². The van der Waals surface area contributed by atoms with Crippen LogP contribution in [0.15, 0.2) is 54.7 Å². The highest BCUT2D eigenvalue weighted by Gasteiger charge is 2.34. The number of amides is 1. The number of carboxylic acid groups (broad SMARTS) is 1. The lowest BCUT2D eigenvalue weighted by Crippen LogP contribution is -2.25. The Labute approximate surface area is 166 Å².